The van der Waals surface area contributed by atoms with Gasteiger partial charge in [0.1, 0.15) is 5.75 Å². The summed E-state index contributed by atoms with van der Waals surface area (Å²) in [6.07, 6.45) is 0. The zero-order valence-corrected chi connectivity index (χ0v) is 11.5. The fraction of sp³-hybridized carbons (Fsp3) is 0.143. The number of hydrogen-bond acceptors (Lipinski definition) is 4. The SMILES string of the molecule is CC(N)c1ccccc1Oc1ccc(Cl)cc1[N+](=O)[O-]. The summed E-state index contributed by atoms with van der Waals surface area (Å²) in [5.74, 6) is 0.625. The minimum atomic E-state index is -0.532. The van der Waals surface area contributed by atoms with Crippen LogP contribution in [0.1, 0.15) is 18.5 Å². The first kappa shape index (κ1) is 14.3. The van der Waals surface area contributed by atoms with Crippen molar-refractivity contribution >= 4 is 17.3 Å². The van der Waals surface area contributed by atoms with E-state index in [0.29, 0.717) is 5.75 Å². The molecule has 0 heterocycles. The van der Waals surface area contributed by atoms with Crippen molar-refractivity contribution < 1.29 is 9.66 Å². The van der Waals surface area contributed by atoms with Crippen molar-refractivity contribution in [1.29, 1.82) is 0 Å². The minimum Gasteiger partial charge on any atom is -0.450 e. The third-order valence-corrected chi connectivity index (χ3v) is 2.98. The second-order valence-corrected chi connectivity index (χ2v) is 4.73. The molecule has 20 heavy (non-hydrogen) atoms. The minimum absolute atomic E-state index is 0.132. The molecule has 0 saturated carbocycles. The van der Waals surface area contributed by atoms with Crippen LogP contribution in [0.3, 0.4) is 0 Å². The second-order valence-electron chi connectivity index (χ2n) is 4.30. The molecule has 104 valence electrons. The lowest BCUT2D eigenvalue weighted by atomic mass is 10.1. The Morgan fingerprint density at radius 3 is 2.60 bits per heavy atom. The van der Waals surface area contributed by atoms with Gasteiger partial charge in [0.05, 0.1) is 4.92 Å². The summed E-state index contributed by atoms with van der Waals surface area (Å²) in [5.41, 5.74) is 6.45. The van der Waals surface area contributed by atoms with Gasteiger partial charge in [-0.05, 0) is 25.1 Å². The van der Waals surface area contributed by atoms with Crippen molar-refractivity contribution in [3.63, 3.8) is 0 Å². The fourth-order valence-electron chi connectivity index (χ4n) is 1.79. The van der Waals surface area contributed by atoms with Crippen molar-refractivity contribution in [3.8, 4) is 11.5 Å². The van der Waals surface area contributed by atoms with Gasteiger partial charge in [-0.1, -0.05) is 29.8 Å². The van der Waals surface area contributed by atoms with Crippen molar-refractivity contribution in [2.75, 3.05) is 0 Å². The molecule has 2 aromatic rings. The van der Waals surface area contributed by atoms with Gasteiger partial charge in [-0.25, -0.2) is 0 Å². The molecule has 0 bridgehead atoms. The molecular weight excluding hydrogens is 280 g/mol. The second kappa shape index (κ2) is 5.90. The number of hydrogen-bond donors (Lipinski definition) is 1. The Balaban J connectivity index is 2.43. The maximum atomic E-state index is 11.0. The van der Waals surface area contributed by atoms with Crippen molar-refractivity contribution in [1.82, 2.24) is 0 Å². The third kappa shape index (κ3) is 3.07. The molecule has 0 amide bonds. The highest BCUT2D eigenvalue weighted by atomic mass is 35.5. The maximum Gasteiger partial charge on any atom is 0.313 e. The number of ether oxygens (including phenoxy) is 1. The molecule has 2 N–H and O–H groups in total. The molecule has 0 saturated heterocycles. The summed E-state index contributed by atoms with van der Waals surface area (Å²) in [5, 5.41) is 11.3. The Bertz CT molecular complexity index is 644. The van der Waals surface area contributed by atoms with Crippen LogP contribution in [0, 0.1) is 10.1 Å². The van der Waals surface area contributed by atoms with Crippen LogP contribution in [-0.2, 0) is 0 Å². The molecule has 0 aliphatic rings. The van der Waals surface area contributed by atoms with Crippen LogP contribution >= 0.6 is 11.6 Å². The van der Waals surface area contributed by atoms with E-state index in [1.165, 1.54) is 12.1 Å². The number of nitrogens with zero attached hydrogens (tertiary/aromatic N) is 1. The Kier molecular flexibility index (Phi) is 4.22. The van der Waals surface area contributed by atoms with Gasteiger partial charge in [-0.15, -0.1) is 0 Å². The van der Waals surface area contributed by atoms with Crippen LogP contribution in [-0.4, -0.2) is 4.92 Å². The zero-order valence-electron chi connectivity index (χ0n) is 10.7. The van der Waals surface area contributed by atoms with Crippen LogP contribution < -0.4 is 10.5 Å². The average Bonchev–Trinajstić information content (AvgIpc) is 2.41. The summed E-state index contributed by atoms with van der Waals surface area (Å²) in [4.78, 5) is 10.5. The summed E-state index contributed by atoms with van der Waals surface area (Å²) < 4.78 is 5.64. The number of halogens is 1. The van der Waals surface area contributed by atoms with Crippen LogP contribution in [0.5, 0.6) is 11.5 Å². The molecule has 0 fully saturated rings. The van der Waals surface area contributed by atoms with Crippen molar-refractivity contribution in [2.45, 2.75) is 13.0 Å². The van der Waals surface area contributed by atoms with Gasteiger partial charge in [0, 0.05) is 22.7 Å². The largest absolute Gasteiger partial charge is 0.450 e. The van der Waals surface area contributed by atoms with Crippen LogP contribution in [0.2, 0.25) is 5.02 Å². The van der Waals surface area contributed by atoms with Crippen LogP contribution in [0.4, 0.5) is 5.69 Å². The normalized spacial score (nSPS) is 11.9. The molecular formula is C14H13ClN2O3. The van der Waals surface area contributed by atoms with E-state index < -0.39 is 4.92 Å². The average molecular weight is 293 g/mol. The summed E-state index contributed by atoms with van der Waals surface area (Å²) in [7, 11) is 0. The monoisotopic (exact) mass is 292 g/mol. The molecule has 1 unspecified atom stereocenters. The highest BCUT2D eigenvalue weighted by Crippen LogP contribution is 2.35. The molecule has 1 atom stereocenters. The Morgan fingerprint density at radius 1 is 1.25 bits per heavy atom. The molecule has 6 heteroatoms. The number of benzene rings is 2. The number of nitro groups is 1. The van der Waals surface area contributed by atoms with E-state index in [-0.39, 0.29) is 22.5 Å². The summed E-state index contributed by atoms with van der Waals surface area (Å²) >= 11 is 5.77. The van der Waals surface area contributed by atoms with E-state index in [9.17, 15) is 10.1 Å². The van der Waals surface area contributed by atoms with Gasteiger partial charge >= 0.3 is 5.69 Å². The zero-order chi connectivity index (χ0) is 14.7. The molecule has 0 radical (unpaired) electrons. The van der Waals surface area contributed by atoms with Gasteiger partial charge in [-0.3, -0.25) is 10.1 Å². The van der Waals surface area contributed by atoms with E-state index >= 15 is 0 Å². The molecule has 0 aromatic heterocycles. The van der Waals surface area contributed by atoms with E-state index in [0.717, 1.165) is 5.56 Å². The van der Waals surface area contributed by atoms with Gasteiger partial charge in [0.25, 0.3) is 0 Å². The maximum absolute atomic E-state index is 11.0. The lowest BCUT2D eigenvalue weighted by Crippen LogP contribution is -2.06. The first-order chi connectivity index (χ1) is 9.49. The Morgan fingerprint density at radius 2 is 1.95 bits per heavy atom. The van der Waals surface area contributed by atoms with Crippen LogP contribution in [0.15, 0.2) is 42.5 Å². The van der Waals surface area contributed by atoms with Gasteiger partial charge < -0.3 is 10.5 Å². The fourth-order valence-corrected chi connectivity index (χ4v) is 1.95. The molecule has 2 rings (SSSR count). The number of rotatable bonds is 4. The molecule has 5 nitrogen and oxygen atoms in total. The lowest BCUT2D eigenvalue weighted by Gasteiger charge is -2.13. The predicted molar refractivity (Wildman–Crippen MR) is 77.2 cm³/mol. The van der Waals surface area contributed by atoms with Crippen molar-refractivity contribution in [3.05, 3.63) is 63.2 Å². The van der Waals surface area contributed by atoms with Gasteiger partial charge in [0.2, 0.25) is 5.75 Å². The Hall–Kier alpha value is -2.11. The van der Waals surface area contributed by atoms with E-state index in [1.807, 2.05) is 19.1 Å². The highest BCUT2D eigenvalue weighted by molar-refractivity contribution is 6.30. The molecule has 2 aromatic carbocycles. The van der Waals surface area contributed by atoms with Gasteiger partial charge in [0.15, 0.2) is 0 Å². The van der Waals surface area contributed by atoms with E-state index in [1.54, 1.807) is 18.2 Å². The van der Waals surface area contributed by atoms with Crippen molar-refractivity contribution in [2.24, 2.45) is 5.73 Å². The Labute approximate surface area is 121 Å². The smallest absolute Gasteiger partial charge is 0.313 e. The first-order valence-electron chi connectivity index (χ1n) is 5.95. The lowest BCUT2D eigenvalue weighted by molar-refractivity contribution is -0.385. The quantitative estimate of drug-likeness (QED) is 0.681. The van der Waals surface area contributed by atoms with E-state index in [2.05, 4.69) is 0 Å². The topological polar surface area (TPSA) is 78.4 Å². The molecule has 0 aliphatic carbocycles. The predicted octanol–water partition coefficient (Wildman–Crippen LogP) is 4.06. The highest BCUT2D eigenvalue weighted by Gasteiger charge is 2.18. The molecule has 0 spiro atoms. The van der Waals surface area contributed by atoms with Crippen LogP contribution in [0.25, 0.3) is 0 Å². The summed E-state index contributed by atoms with van der Waals surface area (Å²) in [6, 6.07) is 11.2. The van der Waals surface area contributed by atoms with Gasteiger partial charge in [-0.2, -0.15) is 0 Å². The standard InChI is InChI=1S/C14H13ClN2O3/c1-9(16)11-4-2-3-5-13(11)20-14-7-6-10(15)8-12(14)17(18)19/h2-9H,16H2,1H3. The first-order valence-corrected chi connectivity index (χ1v) is 6.33. The third-order valence-electron chi connectivity index (χ3n) is 2.75. The number of nitrogens with two attached hydrogens (primary N) is 1. The molecule has 0 aliphatic heterocycles. The number of nitro benzene ring substituents is 1. The van der Waals surface area contributed by atoms with E-state index in [4.69, 9.17) is 22.1 Å². The summed E-state index contributed by atoms with van der Waals surface area (Å²) in [6.45, 7) is 1.82. The number of para-hydroxylation sites is 1.